The average molecular weight is 344 g/mol. The van der Waals surface area contributed by atoms with Crippen molar-refractivity contribution in [1.82, 2.24) is 4.98 Å². The van der Waals surface area contributed by atoms with Crippen LogP contribution in [0.3, 0.4) is 0 Å². The minimum absolute atomic E-state index is 0.0422. The first-order chi connectivity index (χ1) is 8.78. The van der Waals surface area contributed by atoms with Crippen LogP contribution in [0.1, 0.15) is 23.1 Å². The minimum Gasteiger partial charge on any atom is -0.503 e. The van der Waals surface area contributed by atoms with Gasteiger partial charge in [0.2, 0.25) is 0 Å². The molecular formula is C10H9BrF3NO4. The molecule has 0 radical (unpaired) electrons. The van der Waals surface area contributed by atoms with Crippen LogP contribution in [0.25, 0.3) is 0 Å². The van der Waals surface area contributed by atoms with Gasteiger partial charge in [-0.1, -0.05) is 15.9 Å². The number of hydrogen-bond acceptors (Lipinski definition) is 5. The molecule has 0 spiro atoms. The number of carbonyl (C=O) groups is 1. The summed E-state index contributed by atoms with van der Waals surface area (Å²) in [7, 11) is 0. The molecule has 0 fully saturated rings. The highest BCUT2D eigenvalue weighted by Gasteiger charge is 2.33. The van der Waals surface area contributed by atoms with Crippen LogP contribution in [0, 0.1) is 0 Å². The molecule has 0 aliphatic rings. The molecular weight excluding hydrogens is 335 g/mol. The SMILES string of the molecule is CCOC(=O)c1cc(OC(F)(F)F)c(O)c(CBr)n1. The normalized spacial score (nSPS) is 11.2. The first-order valence-electron chi connectivity index (χ1n) is 5.00. The fraction of sp³-hybridized carbons (Fsp3) is 0.400. The maximum Gasteiger partial charge on any atom is 0.573 e. The number of hydrogen-bond donors (Lipinski definition) is 1. The molecule has 5 nitrogen and oxygen atoms in total. The lowest BCUT2D eigenvalue weighted by Crippen LogP contribution is -2.18. The van der Waals surface area contributed by atoms with Crippen LogP contribution >= 0.6 is 15.9 Å². The Balaban J connectivity index is 3.22. The Morgan fingerprint density at radius 1 is 1.53 bits per heavy atom. The second kappa shape index (κ2) is 6.09. The zero-order chi connectivity index (χ0) is 14.6. The summed E-state index contributed by atoms with van der Waals surface area (Å²) in [4.78, 5) is 15.1. The predicted molar refractivity (Wildman–Crippen MR) is 61.2 cm³/mol. The van der Waals surface area contributed by atoms with Crippen molar-refractivity contribution in [3.63, 3.8) is 0 Å². The summed E-state index contributed by atoms with van der Waals surface area (Å²) in [5, 5.41) is 9.46. The van der Waals surface area contributed by atoms with Crippen molar-refractivity contribution in [1.29, 1.82) is 0 Å². The van der Waals surface area contributed by atoms with E-state index in [0.29, 0.717) is 6.07 Å². The van der Waals surface area contributed by atoms with E-state index in [0.717, 1.165) is 0 Å². The van der Waals surface area contributed by atoms with Crippen LogP contribution in [0.2, 0.25) is 0 Å². The molecule has 0 aliphatic carbocycles. The number of nitrogens with zero attached hydrogens (tertiary/aromatic N) is 1. The monoisotopic (exact) mass is 343 g/mol. The van der Waals surface area contributed by atoms with E-state index in [1.807, 2.05) is 0 Å². The van der Waals surface area contributed by atoms with Crippen molar-refractivity contribution >= 4 is 21.9 Å². The van der Waals surface area contributed by atoms with Crippen LogP contribution in [-0.4, -0.2) is 29.0 Å². The molecule has 0 aliphatic heterocycles. The summed E-state index contributed by atoms with van der Waals surface area (Å²) in [6.07, 6.45) is -4.99. The summed E-state index contributed by atoms with van der Waals surface area (Å²) in [5.41, 5.74) is -0.543. The third-order valence-corrected chi connectivity index (χ3v) is 2.40. The fourth-order valence-corrected chi connectivity index (χ4v) is 1.56. The lowest BCUT2D eigenvalue weighted by Gasteiger charge is -2.13. The molecule has 1 heterocycles. The number of alkyl halides is 4. The van der Waals surface area contributed by atoms with Crippen molar-refractivity contribution in [2.45, 2.75) is 18.6 Å². The molecule has 0 unspecified atom stereocenters. The Kier molecular flexibility index (Phi) is 4.98. The Morgan fingerprint density at radius 2 is 2.16 bits per heavy atom. The van der Waals surface area contributed by atoms with Gasteiger partial charge in [0.25, 0.3) is 0 Å². The zero-order valence-corrected chi connectivity index (χ0v) is 11.2. The molecule has 1 aromatic rings. The fourth-order valence-electron chi connectivity index (χ4n) is 1.17. The van der Waals surface area contributed by atoms with Gasteiger partial charge in [0.15, 0.2) is 17.2 Å². The minimum atomic E-state index is -4.99. The number of rotatable bonds is 4. The highest BCUT2D eigenvalue weighted by atomic mass is 79.9. The van der Waals surface area contributed by atoms with Crippen molar-refractivity contribution < 1.29 is 32.5 Å². The molecule has 1 aromatic heterocycles. The van der Waals surface area contributed by atoms with Gasteiger partial charge in [0.1, 0.15) is 0 Å². The van der Waals surface area contributed by atoms with E-state index in [4.69, 9.17) is 0 Å². The lowest BCUT2D eigenvalue weighted by molar-refractivity contribution is -0.275. The number of halogens is 4. The van der Waals surface area contributed by atoms with Gasteiger partial charge in [-0.15, -0.1) is 13.2 Å². The van der Waals surface area contributed by atoms with Gasteiger partial charge < -0.3 is 14.6 Å². The lowest BCUT2D eigenvalue weighted by atomic mass is 10.2. The van der Waals surface area contributed by atoms with Gasteiger partial charge in [-0.05, 0) is 6.92 Å². The second-order valence-electron chi connectivity index (χ2n) is 3.20. The molecule has 0 saturated heterocycles. The van der Waals surface area contributed by atoms with Crippen molar-refractivity contribution in [2.75, 3.05) is 6.61 Å². The molecule has 1 rings (SSSR count). The maximum atomic E-state index is 12.2. The molecule has 0 saturated carbocycles. The number of carbonyl (C=O) groups excluding carboxylic acids is 1. The first-order valence-corrected chi connectivity index (χ1v) is 6.12. The van der Waals surface area contributed by atoms with Crippen molar-refractivity contribution in [2.24, 2.45) is 0 Å². The molecule has 0 bridgehead atoms. The molecule has 0 atom stereocenters. The summed E-state index contributed by atoms with van der Waals surface area (Å²) < 4.78 is 44.7. The van der Waals surface area contributed by atoms with Crippen LogP contribution in [-0.2, 0) is 10.1 Å². The van der Waals surface area contributed by atoms with Gasteiger partial charge >= 0.3 is 12.3 Å². The molecule has 9 heteroatoms. The van der Waals surface area contributed by atoms with Gasteiger partial charge in [0.05, 0.1) is 12.3 Å². The van der Waals surface area contributed by atoms with Gasteiger partial charge in [-0.3, -0.25) is 0 Å². The molecule has 19 heavy (non-hydrogen) atoms. The summed E-state index contributed by atoms with van der Waals surface area (Å²) >= 11 is 2.93. The number of aromatic nitrogens is 1. The smallest absolute Gasteiger partial charge is 0.503 e. The topological polar surface area (TPSA) is 68.7 Å². The Labute approximate surface area is 114 Å². The van der Waals surface area contributed by atoms with E-state index >= 15 is 0 Å². The maximum absolute atomic E-state index is 12.2. The number of pyridine rings is 1. The Hall–Kier alpha value is -1.51. The number of ether oxygens (including phenoxy) is 2. The van der Waals surface area contributed by atoms with Crippen molar-refractivity contribution in [3.8, 4) is 11.5 Å². The molecule has 0 aromatic carbocycles. The third kappa shape index (κ3) is 4.27. The van der Waals surface area contributed by atoms with E-state index in [2.05, 4.69) is 30.4 Å². The summed E-state index contributed by atoms with van der Waals surface area (Å²) in [6, 6.07) is 0.674. The predicted octanol–water partition coefficient (Wildman–Crippen LogP) is 2.76. The average Bonchev–Trinajstić information content (AvgIpc) is 2.30. The van der Waals surface area contributed by atoms with E-state index in [-0.39, 0.29) is 23.3 Å². The second-order valence-corrected chi connectivity index (χ2v) is 3.76. The van der Waals surface area contributed by atoms with E-state index in [9.17, 15) is 23.1 Å². The van der Waals surface area contributed by atoms with Gasteiger partial charge in [0, 0.05) is 11.4 Å². The van der Waals surface area contributed by atoms with Crippen LogP contribution in [0.5, 0.6) is 11.5 Å². The highest BCUT2D eigenvalue weighted by Crippen LogP contribution is 2.35. The third-order valence-electron chi connectivity index (χ3n) is 1.87. The molecule has 0 amide bonds. The van der Waals surface area contributed by atoms with Crippen LogP contribution in [0.4, 0.5) is 13.2 Å². The van der Waals surface area contributed by atoms with Gasteiger partial charge in [-0.2, -0.15) is 0 Å². The highest BCUT2D eigenvalue weighted by molar-refractivity contribution is 9.08. The molecule has 106 valence electrons. The van der Waals surface area contributed by atoms with Crippen molar-refractivity contribution in [3.05, 3.63) is 17.5 Å². The van der Waals surface area contributed by atoms with E-state index in [1.165, 1.54) is 6.92 Å². The standard InChI is InChI=1S/C10H9BrF3NO4/c1-2-18-9(17)5-3-7(19-10(12,13)14)8(16)6(4-11)15-5/h3,16H,2,4H2,1H3. The first kappa shape index (κ1) is 15.5. The van der Waals surface area contributed by atoms with Crippen LogP contribution < -0.4 is 4.74 Å². The molecule has 1 N–H and O–H groups in total. The number of aromatic hydroxyl groups is 1. The number of esters is 1. The Morgan fingerprint density at radius 3 is 2.63 bits per heavy atom. The van der Waals surface area contributed by atoms with E-state index < -0.39 is 23.8 Å². The van der Waals surface area contributed by atoms with E-state index in [1.54, 1.807) is 0 Å². The zero-order valence-electron chi connectivity index (χ0n) is 9.62. The van der Waals surface area contributed by atoms with Crippen LogP contribution in [0.15, 0.2) is 6.07 Å². The Bertz CT molecular complexity index is 479. The van der Waals surface area contributed by atoms with Gasteiger partial charge in [-0.25, -0.2) is 9.78 Å². The summed E-state index contributed by atoms with van der Waals surface area (Å²) in [5.74, 6) is -2.60. The quantitative estimate of drug-likeness (QED) is 0.672. The largest absolute Gasteiger partial charge is 0.573 e. The summed E-state index contributed by atoms with van der Waals surface area (Å²) in [6.45, 7) is 1.58.